The van der Waals surface area contributed by atoms with E-state index in [1.54, 1.807) is 0 Å². The smallest absolute Gasteiger partial charge is 0.214 e. The molecule has 124 valence electrons. The van der Waals surface area contributed by atoms with E-state index in [4.69, 9.17) is 5.73 Å². The molecule has 0 aromatic rings. The van der Waals surface area contributed by atoms with Crippen LogP contribution in [0.25, 0.3) is 0 Å². The summed E-state index contributed by atoms with van der Waals surface area (Å²) in [6.07, 6.45) is 0.356. The number of hydrogen-bond acceptors (Lipinski definition) is 5. The van der Waals surface area contributed by atoms with Gasteiger partial charge in [-0.3, -0.25) is 0 Å². The lowest BCUT2D eigenvalue weighted by atomic mass is 9.49. The normalized spacial score (nSPS) is 35.1. The number of nitrogens with two attached hydrogens (primary N) is 1. The Morgan fingerprint density at radius 3 is 1.90 bits per heavy atom. The van der Waals surface area contributed by atoms with E-state index >= 15 is 0 Å². The molecule has 3 N–H and O–H groups in total. The quantitative estimate of drug-likeness (QED) is 0.767. The molecule has 1 aliphatic carbocycles. The predicted octanol–water partition coefficient (Wildman–Crippen LogP) is 0.245. The summed E-state index contributed by atoms with van der Waals surface area (Å²) in [5.41, 5.74) is 5.53. The van der Waals surface area contributed by atoms with Gasteiger partial charge in [-0.15, -0.1) is 0 Å². The van der Waals surface area contributed by atoms with Gasteiger partial charge in [0.15, 0.2) is 0 Å². The maximum Gasteiger partial charge on any atom is 0.214 e. The van der Waals surface area contributed by atoms with Crippen LogP contribution in [-0.2, 0) is 19.9 Å². The Balaban J connectivity index is 2.12. The summed E-state index contributed by atoms with van der Waals surface area (Å²) < 4.78 is 50.7. The molecule has 6 nitrogen and oxygen atoms in total. The molecule has 0 aromatic carbocycles. The topological polar surface area (TPSA) is 106 Å². The lowest BCUT2D eigenvalue weighted by Crippen LogP contribution is -2.76. The molecular weight excluding hydrogens is 312 g/mol. The van der Waals surface area contributed by atoms with Crippen molar-refractivity contribution in [3.63, 3.8) is 0 Å². The lowest BCUT2D eigenvalue weighted by Gasteiger charge is -2.62. The maximum absolute atomic E-state index is 12.5. The molecule has 2 rings (SSSR count). The Morgan fingerprint density at radius 1 is 1.05 bits per heavy atom. The molecule has 2 fully saturated rings. The Labute approximate surface area is 127 Å². The van der Waals surface area contributed by atoms with Gasteiger partial charge in [-0.05, 0) is 23.7 Å². The summed E-state index contributed by atoms with van der Waals surface area (Å²) in [5, 5.41) is -0.621. The third kappa shape index (κ3) is 2.87. The van der Waals surface area contributed by atoms with Crippen molar-refractivity contribution in [2.45, 2.75) is 57.9 Å². The first-order chi connectivity index (χ1) is 9.31. The summed E-state index contributed by atoms with van der Waals surface area (Å²) in [7, 11) is -6.59. The fourth-order valence-electron chi connectivity index (χ4n) is 3.92. The zero-order valence-electron chi connectivity index (χ0n) is 13.1. The molecule has 0 aromatic heterocycles. The molecule has 0 unspecified atom stereocenters. The molecule has 21 heavy (non-hydrogen) atoms. The van der Waals surface area contributed by atoms with E-state index in [2.05, 4.69) is 4.72 Å². The van der Waals surface area contributed by atoms with Crippen molar-refractivity contribution in [1.82, 2.24) is 4.72 Å². The van der Waals surface area contributed by atoms with Gasteiger partial charge in [0.2, 0.25) is 10.0 Å². The monoisotopic (exact) mass is 338 g/mol. The van der Waals surface area contributed by atoms with E-state index in [-0.39, 0.29) is 47.3 Å². The molecular formula is C13H26N2O4S2. The van der Waals surface area contributed by atoms with Crippen LogP contribution in [0, 0.1) is 10.8 Å². The minimum absolute atomic E-state index is 0.0461. The standard InChI is InChI=1S/C13H26N2O4S2/c1-12(2)10(14)13(3,4)11(12)15-21(18,19)9-5-7-20(16,17)8-6-9/h9-11,15H,5-8,14H2,1-4H3. The second-order valence-corrected chi connectivity index (χ2v) is 11.9. The Bertz CT molecular complexity index is 593. The van der Waals surface area contributed by atoms with Crippen LogP contribution in [0.3, 0.4) is 0 Å². The first-order valence-electron chi connectivity index (χ1n) is 7.28. The minimum Gasteiger partial charge on any atom is -0.327 e. The van der Waals surface area contributed by atoms with Crippen molar-refractivity contribution in [1.29, 1.82) is 0 Å². The largest absolute Gasteiger partial charge is 0.327 e. The summed E-state index contributed by atoms with van der Waals surface area (Å²) in [6.45, 7) is 7.84. The van der Waals surface area contributed by atoms with E-state index in [9.17, 15) is 16.8 Å². The highest BCUT2D eigenvalue weighted by Gasteiger charge is 2.61. The van der Waals surface area contributed by atoms with Crippen molar-refractivity contribution in [2.75, 3.05) is 11.5 Å². The summed E-state index contributed by atoms with van der Waals surface area (Å²) in [6, 6.07) is -0.312. The van der Waals surface area contributed by atoms with Crippen LogP contribution in [-0.4, -0.2) is 45.7 Å². The number of nitrogens with one attached hydrogen (secondary N) is 1. The second kappa shape index (κ2) is 4.91. The zero-order chi connectivity index (χ0) is 16.3. The average Bonchev–Trinajstić information content (AvgIpc) is 2.34. The van der Waals surface area contributed by atoms with Crippen LogP contribution in [0.1, 0.15) is 40.5 Å². The fourth-order valence-corrected chi connectivity index (χ4v) is 7.70. The van der Waals surface area contributed by atoms with Crippen LogP contribution >= 0.6 is 0 Å². The molecule has 8 heteroatoms. The third-order valence-electron chi connectivity index (χ3n) is 5.31. The average molecular weight is 338 g/mol. The number of sulfonamides is 1. The molecule has 0 radical (unpaired) electrons. The van der Waals surface area contributed by atoms with Crippen LogP contribution in [0.2, 0.25) is 0 Å². The second-order valence-electron chi connectivity index (χ2n) is 7.57. The van der Waals surface area contributed by atoms with Gasteiger partial charge in [-0.2, -0.15) is 0 Å². The molecule has 0 spiro atoms. The zero-order valence-corrected chi connectivity index (χ0v) is 14.7. The van der Waals surface area contributed by atoms with Gasteiger partial charge >= 0.3 is 0 Å². The Kier molecular flexibility index (Phi) is 4.01. The highest BCUT2D eigenvalue weighted by Crippen LogP contribution is 2.52. The summed E-state index contributed by atoms with van der Waals surface area (Å²) >= 11 is 0. The van der Waals surface area contributed by atoms with E-state index in [0.717, 1.165) is 0 Å². The van der Waals surface area contributed by atoms with Crippen LogP contribution in [0.4, 0.5) is 0 Å². The van der Waals surface area contributed by atoms with Gasteiger partial charge in [0.05, 0.1) is 16.8 Å². The molecule has 1 saturated carbocycles. The van der Waals surface area contributed by atoms with Gasteiger partial charge in [-0.25, -0.2) is 21.6 Å². The minimum atomic E-state index is -3.53. The summed E-state index contributed by atoms with van der Waals surface area (Å²) in [5.74, 6) is -0.0922. The molecule has 1 saturated heterocycles. The summed E-state index contributed by atoms with van der Waals surface area (Å²) in [4.78, 5) is 0. The molecule has 2 aliphatic rings. The van der Waals surface area contributed by atoms with Crippen molar-refractivity contribution in [3.05, 3.63) is 0 Å². The van der Waals surface area contributed by atoms with Crippen molar-refractivity contribution >= 4 is 19.9 Å². The molecule has 1 aliphatic heterocycles. The van der Waals surface area contributed by atoms with E-state index in [1.165, 1.54) is 0 Å². The highest BCUT2D eigenvalue weighted by atomic mass is 32.2. The number of hydrogen-bond donors (Lipinski definition) is 2. The predicted molar refractivity (Wildman–Crippen MR) is 83.1 cm³/mol. The molecule has 0 atom stereocenters. The molecule has 1 heterocycles. The van der Waals surface area contributed by atoms with Crippen LogP contribution in [0.15, 0.2) is 0 Å². The first-order valence-corrected chi connectivity index (χ1v) is 10.6. The number of sulfone groups is 1. The van der Waals surface area contributed by atoms with E-state index < -0.39 is 25.1 Å². The molecule has 0 bridgehead atoms. The van der Waals surface area contributed by atoms with Crippen LogP contribution in [0.5, 0.6) is 0 Å². The SMILES string of the molecule is CC1(C)C(N)C(C)(C)C1NS(=O)(=O)C1CCS(=O)(=O)CC1. The van der Waals surface area contributed by atoms with Crippen molar-refractivity contribution in [3.8, 4) is 0 Å². The van der Waals surface area contributed by atoms with E-state index in [1.807, 2.05) is 27.7 Å². The third-order valence-corrected chi connectivity index (χ3v) is 8.94. The Morgan fingerprint density at radius 2 is 1.48 bits per heavy atom. The lowest BCUT2D eigenvalue weighted by molar-refractivity contribution is -0.0594. The Hall–Kier alpha value is -0.180. The fraction of sp³-hybridized carbons (Fsp3) is 1.00. The van der Waals surface area contributed by atoms with Gasteiger partial charge < -0.3 is 5.73 Å². The van der Waals surface area contributed by atoms with E-state index in [0.29, 0.717) is 0 Å². The van der Waals surface area contributed by atoms with Gasteiger partial charge in [0.25, 0.3) is 0 Å². The van der Waals surface area contributed by atoms with Gasteiger partial charge in [-0.1, -0.05) is 27.7 Å². The van der Waals surface area contributed by atoms with Crippen molar-refractivity contribution < 1.29 is 16.8 Å². The highest BCUT2D eigenvalue weighted by molar-refractivity contribution is 7.92. The van der Waals surface area contributed by atoms with Crippen molar-refractivity contribution in [2.24, 2.45) is 16.6 Å². The maximum atomic E-state index is 12.5. The van der Waals surface area contributed by atoms with Crippen LogP contribution < -0.4 is 10.5 Å². The first kappa shape index (κ1) is 17.2. The molecule has 0 amide bonds. The number of rotatable bonds is 3. The van der Waals surface area contributed by atoms with Gasteiger partial charge in [0, 0.05) is 12.1 Å². The van der Waals surface area contributed by atoms with Gasteiger partial charge in [0.1, 0.15) is 9.84 Å².